The van der Waals surface area contributed by atoms with Crippen molar-refractivity contribution in [2.24, 2.45) is 11.7 Å². The number of nitrogens with zero attached hydrogens (tertiary/aromatic N) is 5. The number of imidazole rings is 1. The minimum absolute atomic E-state index is 0.0218. The van der Waals surface area contributed by atoms with Crippen LogP contribution in [0.15, 0.2) is 18.3 Å². The molecule has 2 aromatic heterocycles. The molecule has 1 aliphatic carbocycles. The molecule has 0 bridgehead atoms. The summed E-state index contributed by atoms with van der Waals surface area (Å²) < 4.78 is 2.03. The molecule has 13 heteroatoms. The van der Waals surface area contributed by atoms with Crippen molar-refractivity contribution in [1.82, 2.24) is 24.4 Å². The fourth-order valence-corrected chi connectivity index (χ4v) is 6.26. The summed E-state index contributed by atoms with van der Waals surface area (Å²) in [5.41, 5.74) is 7.31. The van der Waals surface area contributed by atoms with Crippen LogP contribution in [0.2, 0.25) is 15.1 Å². The maximum absolute atomic E-state index is 11.9. The summed E-state index contributed by atoms with van der Waals surface area (Å²) in [5, 5.41) is 7.83. The lowest BCUT2D eigenvalue weighted by atomic mass is 9.85. The molecule has 3 aromatic rings. The van der Waals surface area contributed by atoms with Gasteiger partial charge in [0.05, 0.1) is 21.9 Å². The van der Waals surface area contributed by atoms with Crippen molar-refractivity contribution in [1.29, 1.82) is 0 Å². The van der Waals surface area contributed by atoms with Crippen LogP contribution in [0.5, 0.6) is 0 Å². The number of hydrogen-bond acceptors (Lipinski definition) is 7. The van der Waals surface area contributed by atoms with E-state index >= 15 is 0 Å². The smallest absolute Gasteiger partial charge is 0.225 e. The van der Waals surface area contributed by atoms with Crippen LogP contribution in [0.3, 0.4) is 0 Å². The van der Waals surface area contributed by atoms with E-state index in [1.165, 1.54) is 0 Å². The summed E-state index contributed by atoms with van der Waals surface area (Å²) in [4.78, 5) is 39.6. The first-order chi connectivity index (χ1) is 18.2. The number of nitrogens with two attached hydrogens (primary N) is 1. The molecule has 2 aliphatic rings. The van der Waals surface area contributed by atoms with Crippen molar-refractivity contribution in [3.63, 3.8) is 0 Å². The van der Waals surface area contributed by atoms with Crippen molar-refractivity contribution in [3.05, 3.63) is 33.4 Å². The van der Waals surface area contributed by atoms with E-state index in [1.807, 2.05) is 9.47 Å². The molecule has 202 valence electrons. The zero-order chi connectivity index (χ0) is 27.0. The van der Waals surface area contributed by atoms with Gasteiger partial charge in [-0.1, -0.05) is 34.8 Å². The lowest BCUT2D eigenvalue weighted by molar-refractivity contribution is -0.129. The maximum atomic E-state index is 11.9. The number of hydrogen-bond donors (Lipinski definition) is 3. The van der Waals surface area contributed by atoms with Gasteiger partial charge in [0.2, 0.25) is 23.7 Å². The van der Waals surface area contributed by atoms with Gasteiger partial charge in [-0.3, -0.25) is 14.2 Å². The second-order valence-electron chi connectivity index (χ2n) is 9.93. The third kappa shape index (κ3) is 5.62. The Bertz CT molecular complexity index is 1350. The van der Waals surface area contributed by atoms with Crippen molar-refractivity contribution >= 4 is 75.4 Å². The molecule has 0 radical (unpaired) electrons. The third-order valence-corrected chi connectivity index (χ3v) is 8.15. The minimum atomic E-state index is -0.266. The van der Waals surface area contributed by atoms with Gasteiger partial charge in [0, 0.05) is 43.0 Å². The zero-order valence-electron chi connectivity index (χ0n) is 20.9. The first-order valence-corrected chi connectivity index (χ1v) is 13.8. The summed E-state index contributed by atoms with van der Waals surface area (Å²) in [6.07, 6.45) is 6.34. The van der Waals surface area contributed by atoms with Gasteiger partial charge in [0.1, 0.15) is 5.52 Å². The number of nitrogens with one attached hydrogen (secondary N) is 2. The molecule has 10 nitrogen and oxygen atoms in total. The van der Waals surface area contributed by atoms with Crippen molar-refractivity contribution < 1.29 is 9.59 Å². The van der Waals surface area contributed by atoms with Crippen LogP contribution in [0, 0.1) is 5.92 Å². The highest BCUT2D eigenvalue weighted by Gasteiger charge is 2.30. The molecule has 2 fully saturated rings. The van der Waals surface area contributed by atoms with E-state index in [-0.39, 0.29) is 29.8 Å². The Balaban J connectivity index is 1.50. The molecule has 0 spiro atoms. The molecule has 1 aromatic carbocycles. The number of rotatable bonds is 6. The van der Waals surface area contributed by atoms with E-state index in [2.05, 4.69) is 15.6 Å². The van der Waals surface area contributed by atoms with Gasteiger partial charge in [-0.15, -0.1) is 0 Å². The number of carbonyl (C=O) groups is 2. The highest BCUT2D eigenvalue weighted by atomic mass is 35.5. The largest absolute Gasteiger partial charge is 0.369 e. The van der Waals surface area contributed by atoms with E-state index in [9.17, 15) is 9.59 Å². The van der Waals surface area contributed by atoms with Crippen LogP contribution in [0.1, 0.15) is 51.5 Å². The maximum Gasteiger partial charge on any atom is 0.225 e. The molecule has 5 rings (SSSR count). The number of likely N-dealkylation sites (tertiary alicyclic amines) is 1. The Kier molecular flexibility index (Phi) is 7.83. The van der Waals surface area contributed by atoms with Gasteiger partial charge in [0.15, 0.2) is 5.65 Å². The van der Waals surface area contributed by atoms with E-state index in [4.69, 9.17) is 50.5 Å². The molecule has 1 saturated carbocycles. The van der Waals surface area contributed by atoms with Crippen LogP contribution in [0.25, 0.3) is 11.2 Å². The topological polar surface area (TPSA) is 131 Å². The summed E-state index contributed by atoms with van der Waals surface area (Å²) >= 11 is 19.0. The summed E-state index contributed by atoms with van der Waals surface area (Å²) in [6.45, 7) is 2.96. The second-order valence-corrected chi connectivity index (χ2v) is 11.2. The number of piperidine rings is 1. The van der Waals surface area contributed by atoms with Gasteiger partial charge >= 0.3 is 0 Å². The van der Waals surface area contributed by atoms with Gasteiger partial charge in [0.25, 0.3) is 0 Å². The first-order valence-electron chi connectivity index (χ1n) is 12.7. The van der Waals surface area contributed by atoms with Crippen molar-refractivity contribution in [2.45, 2.75) is 57.5 Å². The number of benzene rings is 1. The summed E-state index contributed by atoms with van der Waals surface area (Å²) in [5.74, 6) is 0.639. The van der Waals surface area contributed by atoms with Crippen LogP contribution in [0.4, 0.5) is 17.6 Å². The molecule has 0 unspecified atom stereocenters. The lowest BCUT2D eigenvalue weighted by Gasteiger charge is -2.32. The van der Waals surface area contributed by atoms with Crippen LogP contribution < -0.4 is 16.4 Å². The predicted octanol–water partition coefficient (Wildman–Crippen LogP) is 5.17. The average molecular weight is 580 g/mol. The van der Waals surface area contributed by atoms with Gasteiger partial charge in [-0.05, 0) is 50.7 Å². The second kappa shape index (κ2) is 11.1. The monoisotopic (exact) mass is 578 g/mol. The average Bonchev–Trinajstić information content (AvgIpc) is 3.23. The van der Waals surface area contributed by atoms with Crippen LogP contribution >= 0.6 is 34.8 Å². The minimum Gasteiger partial charge on any atom is -0.369 e. The third-order valence-electron chi connectivity index (χ3n) is 7.34. The number of fused-ring (bicyclic) bond motifs is 1. The van der Waals surface area contributed by atoms with Gasteiger partial charge < -0.3 is 21.3 Å². The Morgan fingerprint density at radius 1 is 1.05 bits per heavy atom. The van der Waals surface area contributed by atoms with E-state index in [0.29, 0.717) is 63.2 Å². The van der Waals surface area contributed by atoms with Gasteiger partial charge in [-0.25, -0.2) is 9.97 Å². The first kappa shape index (κ1) is 26.8. The summed E-state index contributed by atoms with van der Waals surface area (Å²) in [6, 6.07) is 3.29. The number of amides is 2. The van der Waals surface area contributed by atoms with E-state index < -0.39 is 0 Å². The number of aromatic nitrogens is 4. The molecule has 3 heterocycles. The molecule has 4 N–H and O–H groups in total. The van der Waals surface area contributed by atoms with Crippen LogP contribution in [-0.4, -0.2) is 55.4 Å². The van der Waals surface area contributed by atoms with E-state index in [1.54, 1.807) is 25.3 Å². The van der Waals surface area contributed by atoms with Crippen LogP contribution in [-0.2, 0) is 9.59 Å². The SMILES string of the molecule is CC(=O)N1CCC[C@@H](Nc2ncc3nc(Nc4c(Cl)cc(Cl)cc4Cl)n([C@H]4CC[C@@H](C(N)=O)CC4)c3n2)C1. The number of anilines is 3. The fourth-order valence-electron chi connectivity index (χ4n) is 5.35. The molecule has 38 heavy (non-hydrogen) atoms. The fraction of sp³-hybridized carbons (Fsp3) is 0.480. The predicted molar refractivity (Wildman–Crippen MR) is 149 cm³/mol. The highest BCUT2D eigenvalue weighted by Crippen LogP contribution is 2.40. The van der Waals surface area contributed by atoms with E-state index in [0.717, 1.165) is 32.2 Å². The molecule has 1 aliphatic heterocycles. The van der Waals surface area contributed by atoms with Gasteiger partial charge in [-0.2, -0.15) is 4.98 Å². The zero-order valence-corrected chi connectivity index (χ0v) is 23.2. The standard InChI is InChI=1S/C25H29Cl3N8O2/c1-13(37)35-8-2-3-16(12-35)31-24-30-11-20-23(34-24)36(17-6-4-14(5-7-17)22(29)38)25(32-20)33-21-18(27)9-15(26)10-19(21)28/h9-11,14,16-17H,2-8,12H2,1H3,(H2,29,38)(H,32,33)(H,30,31,34)/t14-,16-,17+/m1/s1. The molecule has 1 saturated heterocycles. The number of primary amides is 1. The van der Waals surface area contributed by atoms with Crippen molar-refractivity contribution in [2.75, 3.05) is 23.7 Å². The highest BCUT2D eigenvalue weighted by molar-refractivity contribution is 6.41. The normalized spacial score (nSPS) is 21.9. The quantitative estimate of drug-likeness (QED) is 0.367. The number of halogens is 3. The molecular weight excluding hydrogens is 551 g/mol. The Morgan fingerprint density at radius 3 is 2.42 bits per heavy atom. The Labute approximate surface area is 235 Å². The number of carbonyl (C=O) groups excluding carboxylic acids is 2. The lowest BCUT2D eigenvalue weighted by Crippen LogP contribution is -2.44. The molecule has 2 amide bonds. The summed E-state index contributed by atoms with van der Waals surface area (Å²) in [7, 11) is 0. The molecule has 1 atom stereocenters. The molecular formula is C25H29Cl3N8O2. The Morgan fingerprint density at radius 2 is 1.76 bits per heavy atom. The Hall–Kier alpha value is -2.82. The van der Waals surface area contributed by atoms with Crippen molar-refractivity contribution in [3.8, 4) is 0 Å².